The molecule has 0 fully saturated rings. The molecule has 0 amide bonds. The van der Waals surface area contributed by atoms with E-state index in [9.17, 15) is 20.2 Å². The second-order valence-corrected chi connectivity index (χ2v) is 8.21. The van der Waals surface area contributed by atoms with Gasteiger partial charge >= 0.3 is 0 Å². The average molecular weight is 436 g/mol. The summed E-state index contributed by atoms with van der Waals surface area (Å²) in [5.41, 5.74) is 4.06. The minimum Gasteiger partial charge on any atom is -0.258 e. The fourth-order valence-corrected chi connectivity index (χ4v) is 3.99. The van der Waals surface area contributed by atoms with Crippen molar-refractivity contribution >= 4 is 45.5 Å². The van der Waals surface area contributed by atoms with Gasteiger partial charge in [0.05, 0.1) is 38.7 Å². The van der Waals surface area contributed by atoms with E-state index >= 15 is 0 Å². The molecule has 0 N–H and O–H groups in total. The minimum atomic E-state index is -0.669. The normalized spacial score (nSPS) is 12.1. The number of nitrogens with zero attached hydrogens (tertiary/aromatic N) is 4. The van der Waals surface area contributed by atoms with E-state index in [0.717, 1.165) is 38.3 Å². The minimum absolute atomic E-state index is 0.161. The van der Waals surface area contributed by atoms with Gasteiger partial charge in [-0.3, -0.25) is 30.2 Å². The molecule has 3 aromatic rings. The number of benzene rings is 2. The Morgan fingerprint density at radius 2 is 1.16 bits per heavy atom. The molecule has 31 heavy (non-hydrogen) atoms. The van der Waals surface area contributed by atoms with Gasteiger partial charge in [0.2, 0.25) is 0 Å². The second kappa shape index (κ2) is 8.97. The van der Waals surface area contributed by atoms with Crippen molar-refractivity contribution in [1.29, 1.82) is 0 Å². The van der Waals surface area contributed by atoms with Crippen LogP contribution in [0.4, 0.5) is 22.7 Å². The Morgan fingerprint density at radius 1 is 0.742 bits per heavy atom. The summed E-state index contributed by atoms with van der Waals surface area (Å²) in [6.45, 7) is 7.76. The number of non-ortho nitro benzene ring substituents is 2. The quantitative estimate of drug-likeness (QED) is 0.251. The highest BCUT2D eigenvalue weighted by Gasteiger charge is 2.16. The van der Waals surface area contributed by atoms with Gasteiger partial charge in [0.25, 0.3) is 11.4 Å². The van der Waals surface area contributed by atoms with Gasteiger partial charge in [0.15, 0.2) is 0 Å². The van der Waals surface area contributed by atoms with E-state index in [4.69, 9.17) is 4.99 Å². The molecule has 0 saturated heterocycles. The number of hydrogen-bond donors (Lipinski definition) is 0. The van der Waals surface area contributed by atoms with E-state index in [0.29, 0.717) is 5.71 Å². The number of aliphatic imine (C=N–C) groups is 2. The topological polar surface area (TPSA) is 111 Å². The first-order valence-corrected chi connectivity index (χ1v) is 10.2. The van der Waals surface area contributed by atoms with Crippen LogP contribution in [0.25, 0.3) is 0 Å². The molecule has 2 aromatic carbocycles. The van der Waals surface area contributed by atoms with Crippen LogP contribution in [-0.4, -0.2) is 21.3 Å². The summed E-state index contributed by atoms with van der Waals surface area (Å²) in [6.07, 6.45) is 0. The van der Waals surface area contributed by atoms with Gasteiger partial charge in [-0.1, -0.05) is 6.07 Å². The van der Waals surface area contributed by atoms with Crippen LogP contribution < -0.4 is 0 Å². The van der Waals surface area contributed by atoms with Crippen LogP contribution in [0.3, 0.4) is 0 Å². The molecule has 158 valence electrons. The first kappa shape index (κ1) is 22.0. The predicted molar refractivity (Wildman–Crippen MR) is 124 cm³/mol. The van der Waals surface area contributed by atoms with Crippen molar-refractivity contribution in [2.24, 2.45) is 9.98 Å². The lowest BCUT2D eigenvalue weighted by atomic mass is 10.1. The Balaban J connectivity index is 1.91. The summed E-state index contributed by atoms with van der Waals surface area (Å²) in [6, 6.07) is 13.3. The third-order valence-electron chi connectivity index (χ3n) is 4.43. The molecule has 0 aliphatic heterocycles. The summed E-state index contributed by atoms with van der Waals surface area (Å²) in [5, 5.41) is 22.2. The maximum atomic E-state index is 11.1. The van der Waals surface area contributed by atoms with Gasteiger partial charge in [0, 0.05) is 21.9 Å². The first-order chi connectivity index (χ1) is 14.6. The molecule has 1 aromatic heterocycles. The van der Waals surface area contributed by atoms with Crippen LogP contribution in [-0.2, 0) is 0 Å². The molecule has 1 heterocycles. The van der Waals surface area contributed by atoms with Gasteiger partial charge in [-0.25, -0.2) is 0 Å². The maximum absolute atomic E-state index is 11.1. The maximum Gasteiger partial charge on any atom is 0.278 e. The molecule has 0 aliphatic carbocycles. The summed E-state index contributed by atoms with van der Waals surface area (Å²) in [7, 11) is 0. The summed E-state index contributed by atoms with van der Waals surface area (Å²) < 4.78 is 0. The summed E-state index contributed by atoms with van der Waals surface area (Å²) in [5.74, 6) is 0. The lowest BCUT2D eigenvalue weighted by Gasteiger charge is -2.02. The predicted octanol–water partition coefficient (Wildman–Crippen LogP) is 6.46. The zero-order valence-corrected chi connectivity index (χ0v) is 18.3. The molecule has 0 atom stereocenters. The van der Waals surface area contributed by atoms with Gasteiger partial charge in [0.1, 0.15) is 0 Å². The van der Waals surface area contributed by atoms with Crippen LogP contribution in [0.15, 0.2) is 58.5 Å². The van der Waals surface area contributed by atoms with E-state index in [1.807, 2.05) is 45.0 Å². The van der Waals surface area contributed by atoms with Gasteiger partial charge in [-0.05, 0) is 63.1 Å². The molecule has 9 heteroatoms. The summed E-state index contributed by atoms with van der Waals surface area (Å²) in [4.78, 5) is 31.7. The fraction of sp³-hybridized carbons (Fsp3) is 0.182. The molecule has 0 unspecified atom stereocenters. The highest BCUT2D eigenvalue weighted by Crippen LogP contribution is 2.29. The molecule has 0 saturated carbocycles. The Labute approximate surface area is 182 Å². The van der Waals surface area contributed by atoms with E-state index in [1.165, 1.54) is 23.5 Å². The molecule has 3 rings (SSSR count). The van der Waals surface area contributed by atoms with Gasteiger partial charge < -0.3 is 0 Å². The first-order valence-electron chi connectivity index (χ1n) is 9.35. The van der Waals surface area contributed by atoms with Crippen molar-refractivity contribution in [1.82, 2.24) is 0 Å². The zero-order valence-electron chi connectivity index (χ0n) is 17.4. The van der Waals surface area contributed by atoms with Crippen molar-refractivity contribution < 1.29 is 9.85 Å². The van der Waals surface area contributed by atoms with Crippen molar-refractivity contribution in [2.75, 3.05) is 0 Å². The second-order valence-electron chi connectivity index (χ2n) is 7.13. The lowest BCUT2D eigenvalue weighted by molar-refractivity contribution is -0.394. The lowest BCUT2D eigenvalue weighted by Crippen LogP contribution is -1.94. The molecule has 8 nitrogen and oxygen atoms in total. The SMILES string of the molecule is CC(=Nc1cc(C)cc(C)c1)c1ccc(C(C)=Nc2cc([N+](=O)[O-])cc([N+](=O)[O-])c2)s1. The fourth-order valence-electron chi connectivity index (χ4n) is 3.09. The van der Waals surface area contributed by atoms with E-state index in [-0.39, 0.29) is 17.1 Å². The highest BCUT2D eigenvalue weighted by atomic mass is 32.1. The van der Waals surface area contributed by atoms with E-state index < -0.39 is 9.85 Å². The number of thiophene rings is 1. The number of nitro benzene ring substituents is 2. The third kappa shape index (κ3) is 5.46. The number of rotatable bonds is 6. The Bertz CT molecular complexity index is 1190. The summed E-state index contributed by atoms with van der Waals surface area (Å²) >= 11 is 1.49. The number of nitro groups is 2. The monoisotopic (exact) mass is 436 g/mol. The Hall–Kier alpha value is -3.72. The third-order valence-corrected chi connectivity index (χ3v) is 5.73. The van der Waals surface area contributed by atoms with Crippen molar-refractivity contribution in [3.05, 3.63) is 89.6 Å². The van der Waals surface area contributed by atoms with Crippen LogP contribution in [0.5, 0.6) is 0 Å². The Morgan fingerprint density at radius 3 is 1.58 bits per heavy atom. The van der Waals surface area contributed by atoms with Gasteiger partial charge in [-0.2, -0.15) is 0 Å². The van der Waals surface area contributed by atoms with Crippen molar-refractivity contribution in [3.63, 3.8) is 0 Å². The zero-order chi connectivity index (χ0) is 22.7. The largest absolute Gasteiger partial charge is 0.278 e. The van der Waals surface area contributed by atoms with Crippen molar-refractivity contribution in [2.45, 2.75) is 27.7 Å². The smallest absolute Gasteiger partial charge is 0.258 e. The molecule has 0 spiro atoms. The molecular weight excluding hydrogens is 416 g/mol. The molecular formula is C22H20N4O4S. The van der Waals surface area contributed by atoms with Crippen molar-refractivity contribution in [3.8, 4) is 0 Å². The van der Waals surface area contributed by atoms with E-state index in [1.54, 1.807) is 6.92 Å². The van der Waals surface area contributed by atoms with Crippen LogP contribution in [0.2, 0.25) is 0 Å². The molecule has 0 radical (unpaired) electrons. The number of hydrogen-bond acceptors (Lipinski definition) is 7. The molecule has 0 bridgehead atoms. The Kier molecular flexibility index (Phi) is 6.36. The van der Waals surface area contributed by atoms with Crippen LogP contribution in [0, 0.1) is 34.1 Å². The molecule has 0 aliphatic rings. The van der Waals surface area contributed by atoms with E-state index in [2.05, 4.69) is 11.1 Å². The highest BCUT2D eigenvalue weighted by molar-refractivity contribution is 7.16. The van der Waals surface area contributed by atoms with Crippen LogP contribution >= 0.6 is 11.3 Å². The van der Waals surface area contributed by atoms with Gasteiger partial charge in [-0.15, -0.1) is 11.3 Å². The standard InChI is InChI=1S/C22H20N4O4S/c1-13-7-14(2)9-17(8-13)23-15(3)21-5-6-22(31-21)16(4)24-18-10-19(25(27)28)12-20(11-18)26(29)30/h5-12H,1-4H3. The number of aryl methyl sites for hydroxylation is 2. The van der Waals surface area contributed by atoms with Crippen LogP contribution in [0.1, 0.15) is 34.7 Å². The average Bonchev–Trinajstić information content (AvgIpc) is 3.17.